The van der Waals surface area contributed by atoms with Gasteiger partial charge in [-0.05, 0) is 69.0 Å². The highest BCUT2D eigenvalue weighted by Crippen LogP contribution is 2.25. The third-order valence-corrected chi connectivity index (χ3v) is 5.64. The summed E-state index contributed by atoms with van der Waals surface area (Å²) in [6.07, 6.45) is 2.13. The highest BCUT2D eigenvalue weighted by atomic mass is 16.2. The standard InChI is InChI=1S/C25H31N3O2/c1-6-10-23(29)27(15-7-2)19(5)24-26-22-12-9-8-11-21(22)25(30)28(24)20-14-13-17(3)18(4)16-20/h8-9,11-14,16,19H,6-7,10,15H2,1-5H3. The number of rotatable bonds is 7. The van der Waals surface area contributed by atoms with Gasteiger partial charge >= 0.3 is 0 Å². The van der Waals surface area contributed by atoms with Gasteiger partial charge in [-0.1, -0.05) is 32.0 Å². The van der Waals surface area contributed by atoms with Crippen molar-refractivity contribution in [3.05, 3.63) is 69.8 Å². The second kappa shape index (κ2) is 9.24. The van der Waals surface area contributed by atoms with Crippen molar-refractivity contribution in [2.75, 3.05) is 6.54 Å². The molecule has 1 aromatic heterocycles. The number of amides is 1. The quantitative estimate of drug-likeness (QED) is 0.549. The first-order chi connectivity index (χ1) is 14.4. The molecule has 3 aromatic rings. The number of hydrogen-bond donors (Lipinski definition) is 0. The lowest BCUT2D eigenvalue weighted by Crippen LogP contribution is -2.37. The second-order valence-electron chi connectivity index (χ2n) is 7.91. The summed E-state index contributed by atoms with van der Waals surface area (Å²) >= 11 is 0. The van der Waals surface area contributed by atoms with Gasteiger partial charge in [-0.3, -0.25) is 14.2 Å². The lowest BCUT2D eigenvalue weighted by atomic mass is 10.1. The fraction of sp³-hybridized carbons (Fsp3) is 0.400. The largest absolute Gasteiger partial charge is 0.333 e. The Morgan fingerprint density at radius 3 is 2.47 bits per heavy atom. The van der Waals surface area contributed by atoms with Gasteiger partial charge in [-0.15, -0.1) is 0 Å². The van der Waals surface area contributed by atoms with Crippen LogP contribution in [0, 0.1) is 13.8 Å². The number of hydrogen-bond acceptors (Lipinski definition) is 3. The van der Waals surface area contributed by atoms with Gasteiger partial charge in [0.15, 0.2) is 0 Å². The van der Waals surface area contributed by atoms with Gasteiger partial charge in [0.05, 0.1) is 22.6 Å². The highest BCUT2D eigenvalue weighted by molar-refractivity contribution is 5.79. The minimum absolute atomic E-state index is 0.0981. The SMILES string of the molecule is CCCC(=O)N(CCC)C(C)c1nc2ccccc2c(=O)n1-c1ccc(C)c(C)c1. The zero-order valence-electron chi connectivity index (χ0n) is 18.6. The Kier molecular flexibility index (Phi) is 6.70. The molecule has 1 heterocycles. The summed E-state index contributed by atoms with van der Waals surface area (Å²) in [5.74, 6) is 0.695. The van der Waals surface area contributed by atoms with E-state index in [0.717, 1.165) is 24.1 Å². The summed E-state index contributed by atoms with van der Waals surface area (Å²) < 4.78 is 1.68. The molecule has 1 amide bonds. The van der Waals surface area contributed by atoms with Crippen molar-refractivity contribution >= 4 is 16.8 Å². The van der Waals surface area contributed by atoms with Gasteiger partial charge in [-0.2, -0.15) is 0 Å². The van der Waals surface area contributed by atoms with Crippen molar-refractivity contribution in [3.8, 4) is 5.69 Å². The zero-order valence-corrected chi connectivity index (χ0v) is 18.6. The number of carbonyl (C=O) groups excluding carboxylic acids is 1. The Balaban J connectivity index is 2.27. The van der Waals surface area contributed by atoms with Crippen LogP contribution >= 0.6 is 0 Å². The van der Waals surface area contributed by atoms with Crippen LogP contribution in [-0.2, 0) is 4.79 Å². The highest BCUT2D eigenvalue weighted by Gasteiger charge is 2.26. The van der Waals surface area contributed by atoms with Crippen molar-refractivity contribution in [1.82, 2.24) is 14.5 Å². The minimum Gasteiger partial charge on any atom is -0.333 e. The molecule has 0 spiro atoms. The van der Waals surface area contributed by atoms with Crippen molar-refractivity contribution in [2.24, 2.45) is 0 Å². The van der Waals surface area contributed by atoms with E-state index in [-0.39, 0.29) is 17.5 Å². The first-order valence-corrected chi connectivity index (χ1v) is 10.8. The fourth-order valence-corrected chi connectivity index (χ4v) is 3.82. The molecule has 3 rings (SSSR count). The first-order valence-electron chi connectivity index (χ1n) is 10.8. The van der Waals surface area contributed by atoms with Gasteiger partial charge in [-0.25, -0.2) is 4.98 Å². The fourth-order valence-electron chi connectivity index (χ4n) is 3.82. The van der Waals surface area contributed by atoms with Crippen LogP contribution in [0.4, 0.5) is 0 Å². The van der Waals surface area contributed by atoms with E-state index < -0.39 is 0 Å². The Bertz CT molecular complexity index is 1120. The van der Waals surface area contributed by atoms with Crippen LogP contribution in [-0.4, -0.2) is 26.9 Å². The molecule has 0 aliphatic heterocycles. The van der Waals surface area contributed by atoms with E-state index in [1.807, 2.05) is 68.1 Å². The monoisotopic (exact) mass is 405 g/mol. The van der Waals surface area contributed by atoms with E-state index in [4.69, 9.17) is 4.98 Å². The average Bonchev–Trinajstić information content (AvgIpc) is 2.73. The summed E-state index contributed by atoms with van der Waals surface area (Å²) in [5, 5.41) is 0.577. The van der Waals surface area contributed by atoms with Crippen LogP contribution in [0.15, 0.2) is 47.3 Å². The molecule has 0 aliphatic rings. The summed E-state index contributed by atoms with van der Waals surface area (Å²) in [6.45, 7) is 10.8. The predicted octanol–water partition coefficient (Wildman–Crippen LogP) is 5.10. The molecule has 0 saturated carbocycles. The maximum absolute atomic E-state index is 13.5. The number of para-hydroxylation sites is 1. The van der Waals surface area contributed by atoms with Crippen LogP contribution in [0.5, 0.6) is 0 Å². The molecule has 0 aliphatic carbocycles. The summed E-state index contributed by atoms with van der Waals surface area (Å²) in [5.41, 5.74) is 3.61. The van der Waals surface area contributed by atoms with Crippen molar-refractivity contribution in [2.45, 2.75) is 59.9 Å². The molecule has 5 heteroatoms. The van der Waals surface area contributed by atoms with Crippen LogP contribution in [0.25, 0.3) is 16.6 Å². The number of carbonyl (C=O) groups is 1. The normalized spacial score (nSPS) is 12.2. The molecule has 1 atom stereocenters. The Labute approximate surface area is 178 Å². The first kappa shape index (κ1) is 21.8. The van der Waals surface area contributed by atoms with Crippen LogP contribution < -0.4 is 5.56 Å². The molecule has 1 unspecified atom stereocenters. The Morgan fingerprint density at radius 2 is 1.80 bits per heavy atom. The zero-order chi connectivity index (χ0) is 21.8. The molecule has 0 N–H and O–H groups in total. The summed E-state index contributed by atoms with van der Waals surface area (Å²) in [4.78, 5) is 33.1. The maximum atomic E-state index is 13.5. The lowest BCUT2D eigenvalue weighted by molar-refractivity contribution is -0.133. The average molecular weight is 406 g/mol. The minimum atomic E-state index is -0.317. The Hall–Kier alpha value is -2.95. The van der Waals surface area contributed by atoms with E-state index >= 15 is 0 Å². The van der Waals surface area contributed by atoms with Gasteiger partial charge in [0, 0.05) is 13.0 Å². The topological polar surface area (TPSA) is 55.2 Å². The number of benzene rings is 2. The molecule has 2 aromatic carbocycles. The van der Waals surface area contributed by atoms with Crippen LogP contribution in [0.1, 0.15) is 63.0 Å². The molecule has 0 radical (unpaired) electrons. The van der Waals surface area contributed by atoms with E-state index in [1.165, 1.54) is 5.56 Å². The molecule has 158 valence electrons. The van der Waals surface area contributed by atoms with Crippen LogP contribution in [0.2, 0.25) is 0 Å². The molecular weight excluding hydrogens is 374 g/mol. The molecule has 0 fully saturated rings. The smallest absolute Gasteiger partial charge is 0.266 e. The van der Waals surface area contributed by atoms with Gasteiger partial charge in [0.2, 0.25) is 5.91 Å². The van der Waals surface area contributed by atoms with Gasteiger partial charge in [0.25, 0.3) is 5.56 Å². The van der Waals surface area contributed by atoms with E-state index in [2.05, 4.69) is 13.8 Å². The number of nitrogens with zero attached hydrogens (tertiary/aromatic N) is 3. The molecule has 5 nitrogen and oxygen atoms in total. The van der Waals surface area contributed by atoms with Crippen molar-refractivity contribution in [3.63, 3.8) is 0 Å². The van der Waals surface area contributed by atoms with Gasteiger partial charge in [0.1, 0.15) is 5.82 Å². The third kappa shape index (κ3) is 4.16. The maximum Gasteiger partial charge on any atom is 0.266 e. The van der Waals surface area contributed by atoms with Gasteiger partial charge < -0.3 is 4.90 Å². The third-order valence-electron chi connectivity index (χ3n) is 5.64. The van der Waals surface area contributed by atoms with E-state index in [0.29, 0.717) is 29.7 Å². The van der Waals surface area contributed by atoms with Crippen molar-refractivity contribution < 1.29 is 4.79 Å². The second-order valence-corrected chi connectivity index (χ2v) is 7.91. The molecule has 0 bridgehead atoms. The van der Waals surface area contributed by atoms with Crippen molar-refractivity contribution in [1.29, 1.82) is 0 Å². The Morgan fingerprint density at radius 1 is 1.07 bits per heavy atom. The summed E-state index contributed by atoms with van der Waals surface area (Å²) in [6, 6.07) is 13.1. The van der Waals surface area contributed by atoms with E-state index in [1.54, 1.807) is 4.57 Å². The molecule has 30 heavy (non-hydrogen) atoms. The predicted molar refractivity (Wildman–Crippen MR) is 122 cm³/mol. The van der Waals surface area contributed by atoms with Crippen LogP contribution in [0.3, 0.4) is 0 Å². The van der Waals surface area contributed by atoms with E-state index in [9.17, 15) is 9.59 Å². The number of fused-ring (bicyclic) bond motifs is 1. The molecule has 0 saturated heterocycles. The summed E-state index contributed by atoms with van der Waals surface area (Å²) in [7, 11) is 0. The molecular formula is C25H31N3O2. The number of aromatic nitrogens is 2. The number of aryl methyl sites for hydroxylation is 2. The lowest BCUT2D eigenvalue weighted by Gasteiger charge is -2.30.